The molecule has 19 heavy (non-hydrogen) atoms. The van der Waals surface area contributed by atoms with E-state index in [9.17, 15) is 14.7 Å². The zero-order valence-corrected chi connectivity index (χ0v) is 10.6. The molecule has 3 rings (SSSR count). The van der Waals surface area contributed by atoms with Gasteiger partial charge in [0, 0.05) is 12.0 Å². The van der Waals surface area contributed by atoms with Crippen molar-refractivity contribution in [1.82, 2.24) is 0 Å². The first-order valence-electron chi connectivity index (χ1n) is 6.24. The molecular weight excluding hydrogens is 244 g/mol. The Morgan fingerprint density at radius 2 is 2.16 bits per heavy atom. The molecule has 0 bridgehead atoms. The van der Waals surface area contributed by atoms with Crippen molar-refractivity contribution >= 4 is 17.8 Å². The van der Waals surface area contributed by atoms with Gasteiger partial charge in [0.25, 0.3) is 0 Å². The van der Waals surface area contributed by atoms with Crippen LogP contribution in [0.1, 0.15) is 17.5 Å². The number of carboxylic acid groups (broad SMARTS) is 1. The number of benzene rings is 1. The van der Waals surface area contributed by atoms with E-state index in [0.29, 0.717) is 12.8 Å². The molecule has 0 spiro atoms. The van der Waals surface area contributed by atoms with Gasteiger partial charge in [0.05, 0.1) is 7.11 Å². The van der Waals surface area contributed by atoms with Crippen molar-refractivity contribution in [3.05, 3.63) is 34.9 Å². The number of hydrogen-bond acceptors (Lipinski definition) is 3. The van der Waals surface area contributed by atoms with E-state index in [-0.39, 0.29) is 11.7 Å². The van der Waals surface area contributed by atoms with Crippen LogP contribution >= 0.6 is 0 Å². The van der Waals surface area contributed by atoms with E-state index in [1.54, 1.807) is 7.11 Å². The minimum atomic E-state index is -1.04. The molecule has 2 aliphatic carbocycles. The number of rotatable bonds is 2. The van der Waals surface area contributed by atoms with Gasteiger partial charge in [-0.2, -0.15) is 0 Å². The lowest BCUT2D eigenvalue weighted by atomic mass is 9.82. The van der Waals surface area contributed by atoms with Crippen LogP contribution in [-0.2, 0) is 16.0 Å². The standard InChI is InChI=1S/C15H14O4/c1-19-13-4-2-3-8-5-11-9(6-10(8)13)7-12(16)14(11)15(17)18/h2-5,9,14H,6-7H2,1H3,(H,17,18). The molecule has 1 fully saturated rings. The van der Waals surface area contributed by atoms with Gasteiger partial charge in [-0.05, 0) is 29.5 Å². The van der Waals surface area contributed by atoms with Gasteiger partial charge in [0.2, 0.25) is 0 Å². The molecule has 0 heterocycles. The van der Waals surface area contributed by atoms with Crippen molar-refractivity contribution in [3.63, 3.8) is 0 Å². The predicted molar refractivity (Wildman–Crippen MR) is 68.9 cm³/mol. The van der Waals surface area contributed by atoms with Crippen molar-refractivity contribution in [3.8, 4) is 5.75 Å². The van der Waals surface area contributed by atoms with Crippen LogP contribution in [0.3, 0.4) is 0 Å². The second kappa shape index (κ2) is 4.23. The van der Waals surface area contributed by atoms with Crippen LogP contribution in [0.25, 0.3) is 6.08 Å². The molecule has 1 aromatic rings. The highest BCUT2D eigenvalue weighted by molar-refractivity contribution is 6.05. The summed E-state index contributed by atoms with van der Waals surface area (Å²) in [5.41, 5.74) is 2.78. The molecule has 2 aliphatic rings. The summed E-state index contributed by atoms with van der Waals surface area (Å²) in [5, 5.41) is 9.18. The van der Waals surface area contributed by atoms with E-state index in [0.717, 1.165) is 22.4 Å². The minimum absolute atomic E-state index is 0.0115. The molecule has 1 saturated carbocycles. The summed E-state index contributed by atoms with van der Waals surface area (Å²) in [6.07, 6.45) is 2.86. The van der Waals surface area contributed by atoms with Gasteiger partial charge in [-0.1, -0.05) is 18.2 Å². The quantitative estimate of drug-likeness (QED) is 0.823. The molecule has 1 aromatic carbocycles. The SMILES string of the molecule is COc1cccc2c1CC1CC(=O)C(C(=O)O)C1=C2. The Morgan fingerprint density at radius 3 is 2.84 bits per heavy atom. The van der Waals surface area contributed by atoms with Gasteiger partial charge in [-0.25, -0.2) is 0 Å². The van der Waals surface area contributed by atoms with E-state index >= 15 is 0 Å². The number of hydrogen-bond donors (Lipinski definition) is 1. The maximum Gasteiger partial charge on any atom is 0.318 e. The number of aliphatic carboxylic acids is 1. The van der Waals surface area contributed by atoms with Crippen molar-refractivity contribution < 1.29 is 19.4 Å². The van der Waals surface area contributed by atoms with Gasteiger partial charge < -0.3 is 9.84 Å². The first kappa shape index (κ1) is 12.0. The van der Waals surface area contributed by atoms with E-state index < -0.39 is 11.9 Å². The largest absolute Gasteiger partial charge is 0.496 e. The molecule has 0 aliphatic heterocycles. The molecule has 4 nitrogen and oxygen atoms in total. The first-order chi connectivity index (χ1) is 9.11. The van der Waals surface area contributed by atoms with Crippen LogP contribution in [0.4, 0.5) is 0 Å². The normalized spacial score (nSPS) is 24.5. The Kier molecular flexibility index (Phi) is 2.66. The maximum absolute atomic E-state index is 11.8. The molecule has 4 heteroatoms. The number of ketones is 1. The third-order valence-electron chi connectivity index (χ3n) is 3.98. The monoisotopic (exact) mass is 258 g/mol. The predicted octanol–water partition coefficient (Wildman–Crippen LogP) is 1.92. The molecule has 0 aromatic heterocycles. The number of fused-ring (bicyclic) bond motifs is 2. The van der Waals surface area contributed by atoms with Gasteiger partial charge >= 0.3 is 5.97 Å². The van der Waals surface area contributed by atoms with E-state index in [2.05, 4.69) is 0 Å². The van der Waals surface area contributed by atoms with E-state index in [1.807, 2.05) is 24.3 Å². The lowest BCUT2D eigenvalue weighted by Gasteiger charge is -2.22. The van der Waals surface area contributed by atoms with Crippen molar-refractivity contribution in [2.75, 3.05) is 7.11 Å². The summed E-state index contributed by atoms with van der Waals surface area (Å²) < 4.78 is 5.33. The Hall–Kier alpha value is -2.10. The van der Waals surface area contributed by atoms with Gasteiger partial charge in [0.15, 0.2) is 5.78 Å². The van der Waals surface area contributed by atoms with E-state index in [4.69, 9.17) is 4.74 Å². The Morgan fingerprint density at radius 1 is 1.37 bits per heavy atom. The highest BCUT2D eigenvalue weighted by atomic mass is 16.5. The average Bonchev–Trinajstić information content (AvgIpc) is 2.70. The second-order valence-corrected chi connectivity index (χ2v) is 5.02. The van der Waals surface area contributed by atoms with Crippen LogP contribution in [0.5, 0.6) is 5.75 Å². The minimum Gasteiger partial charge on any atom is -0.496 e. The fourth-order valence-electron chi connectivity index (χ4n) is 3.13. The molecule has 98 valence electrons. The molecule has 2 atom stereocenters. The number of Topliss-reactive ketones (excluding diaryl/α,β-unsaturated/α-hetero) is 1. The molecule has 1 N–H and O–H groups in total. The summed E-state index contributed by atoms with van der Waals surface area (Å²) in [5.74, 6) is -1.36. The Bertz CT molecular complexity index is 600. The van der Waals surface area contributed by atoms with Crippen LogP contribution in [0.2, 0.25) is 0 Å². The molecule has 0 radical (unpaired) electrons. The summed E-state index contributed by atoms with van der Waals surface area (Å²) in [7, 11) is 1.62. The lowest BCUT2D eigenvalue weighted by molar-refractivity contribution is -0.143. The highest BCUT2D eigenvalue weighted by Gasteiger charge is 2.43. The summed E-state index contributed by atoms with van der Waals surface area (Å²) in [6.45, 7) is 0. The average molecular weight is 258 g/mol. The first-order valence-corrected chi connectivity index (χ1v) is 6.24. The van der Waals surface area contributed by atoms with Crippen molar-refractivity contribution in [2.24, 2.45) is 11.8 Å². The fraction of sp³-hybridized carbons (Fsp3) is 0.333. The number of ether oxygens (including phenoxy) is 1. The molecule has 0 saturated heterocycles. The third kappa shape index (κ3) is 1.75. The zero-order valence-electron chi connectivity index (χ0n) is 10.6. The zero-order chi connectivity index (χ0) is 13.6. The topological polar surface area (TPSA) is 63.6 Å². The van der Waals surface area contributed by atoms with Gasteiger partial charge in [-0.15, -0.1) is 0 Å². The highest BCUT2D eigenvalue weighted by Crippen LogP contribution is 2.43. The maximum atomic E-state index is 11.8. The van der Waals surface area contributed by atoms with Crippen LogP contribution in [0.15, 0.2) is 23.8 Å². The second-order valence-electron chi connectivity index (χ2n) is 5.02. The fourth-order valence-corrected chi connectivity index (χ4v) is 3.13. The van der Waals surface area contributed by atoms with Crippen molar-refractivity contribution in [2.45, 2.75) is 12.8 Å². The van der Waals surface area contributed by atoms with Gasteiger partial charge in [-0.3, -0.25) is 9.59 Å². The smallest absolute Gasteiger partial charge is 0.318 e. The van der Waals surface area contributed by atoms with Crippen LogP contribution in [0, 0.1) is 11.8 Å². The number of carboxylic acids is 1. The van der Waals surface area contributed by atoms with E-state index in [1.165, 1.54) is 0 Å². The summed E-state index contributed by atoms with van der Waals surface area (Å²) >= 11 is 0. The van der Waals surface area contributed by atoms with Gasteiger partial charge in [0.1, 0.15) is 11.7 Å². The Labute approximate surface area is 110 Å². The number of carbonyl (C=O) groups excluding carboxylic acids is 1. The number of carbonyl (C=O) groups is 2. The molecular formula is C15H14O4. The molecule has 2 unspecified atom stereocenters. The summed E-state index contributed by atoms with van der Waals surface area (Å²) in [4.78, 5) is 23.1. The third-order valence-corrected chi connectivity index (χ3v) is 3.98. The molecule has 0 amide bonds. The Balaban J connectivity index is 2.10. The van der Waals surface area contributed by atoms with Crippen molar-refractivity contribution in [1.29, 1.82) is 0 Å². The number of methoxy groups -OCH3 is 1. The lowest BCUT2D eigenvalue weighted by Crippen LogP contribution is -2.20. The summed E-state index contributed by atoms with van der Waals surface area (Å²) in [6, 6.07) is 5.70. The van der Waals surface area contributed by atoms with Crippen LogP contribution in [-0.4, -0.2) is 24.0 Å². The van der Waals surface area contributed by atoms with Crippen LogP contribution < -0.4 is 4.74 Å².